The average molecular weight is 380 g/mol. The summed E-state index contributed by atoms with van der Waals surface area (Å²) in [5.41, 5.74) is 0. The van der Waals surface area contributed by atoms with Crippen LogP contribution >= 0.6 is 0 Å². The predicted molar refractivity (Wildman–Crippen MR) is 94.2 cm³/mol. The van der Waals surface area contributed by atoms with E-state index < -0.39 is 18.3 Å². The van der Waals surface area contributed by atoms with Crippen LogP contribution in [0, 0.1) is 5.92 Å². The molecule has 0 aromatic carbocycles. The van der Waals surface area contributed by atoms with E-state index in [0.29, 0.717) is 51.2 Å². The molecule has 6 nitrogen and oxygen atoms in total. The van der Waals surface area contributed by atoms with Crippen LogP contribution < -0.4 is 5.32 Å². The van der Waals surface area contributed by atoms with Gasteiger partial charge in [-0.05, 0) is 32.6 Å². The first kappa shape index (κ1) is 21.2. The summed E-state index contributed by atoms with van der Waals surface area (Å²) in [5.74, 6) is 1.28. The number of piperazine rings is 1. The number of alkyl halides is 3. The van der Waals surface area contributed by atoms with Crippen molar-refractivity contribution in [3.63, 3.8) is 0 Å². The van der Waals surface area contributed by atoms with Crippen LogP contribution in [0.5, 0.6) is 0 Å². The van der Waals surface area contributed by atoms with E-state index in [0.717, 1.165) is 0 Å². The summed E-state index contributed by atoms with van der Waals surface area (Å²) in [4.78, 5) is 7.82. The van der Waals surface area contributed by atoms with E-state index >= 15 is 0 Å². The Morgan fingerprint density at radius 3 is 2.46 bits per heavy atom. The van der Waals surface area contributed by atoms with Crippen molar-refractivity contribution in [2.45, 2.75) is 45.0 Å². The largest absolute Gasteiger partial charge is 0.403 e. The monoisotopic (exact) mass is 380 g/mol. The highest BCUT2D eigenvalue weighted by Crippen LogP contribution is 2.28. The first-order valence-electron chi connectivity index (χ1n) is 9.41. The number of hydrogen-bond acceptors (Lipinski definition) is 4. The van der Waals surface area contributed by atoms with Crippen molar-refractivity contribution in [1.82, 2.24) is 15.1 Å². The lowest BCUT2D eigenvalue weighted by molar-refractivity contribution is -0.181. The summed E-state index contributed by atoms with van der Waals surface area (Å²) in [5, 5.41) is 13.1. The van der Waals surface area contributed by atoms with Gasteiger partial charge in [-0.15, -0.1) is 0 Å². The highest BCUT2D eigenvalue weighted by atomic mass is 19.4. The summed E-state index contributed by atoms with van der Waals surface area (Å²) in [6, 6.07) is -1.44. The maximum absolute atomic E-state index is 12.8. The van der Waals surface area contributed by atoms with Gasteiger partial charge in [-0.3, -0.25) is 9.89 Å². The van der Waals surface area contributed by atoms with E-state index in [9.17, 15) is 18.3 Å². The van der Waals surface area contributed by atoms with Crippen LogP contribution in [-0.2, 0) is 4.74 Å². The molecule has 1 saturated heterocycles. The molecule has 2 fully saturated rings. The Balaban J connectivity index is 1.78. The SMILES string of the molecule is CCNC(=NCC(O)COCC1CC1)N1CCN(C(C)C(F)(F)F)CC1. The van der Waals surface area contributed by atoms with Gasteiger partial charge in [-0.25, -0.2) is 0 Å². The summed E-state index contributed by atoms with van der Waals surface area (Å²) < 4.78 is 44.0. The predicted octanol–water partition coefficient (Wildman–Crippen LogP) is 1.31. The molecule has 0 bridgehead atoms. The molecule has 26 heavy (non-hydrogen) atoms. The minimum atomic E-state index is -4.20. The van der Waals surface area contributed by atoms with Crippen LogP contribution in [0.2, 0.25) is 0 Å². The molecule has 2 N–H and O–H groups in total. The molecule has 9 heteroatoms. The fourth-order valence-corrected chi connectivity index (χ4v) is 2.85. The minimum Gasteiger partial charge on any atom is -0.389 e. The van der Waals surface area contributed by atoms with Crippen molar-refractivity contribution >= 4 is 5.96 Å². The van der Waals surface area contributed by atoms with Crippen molar-refractivity contribution < 1.29 is 23.0 Å². The third-order valence-corrected chi connectivity index (χ3v) is 4.78. The van der Waals surface area contributed by atoms with Crippen molar-refractivity contribution in [3.05, 3.63) is 0 Å². The molecular formula is C17H31F3N4O2. The molecule has 1 heterocycles. The number of ether oxygens (including phenoxy) is 1. The quantitative estimate of drug-likeness (QED) is 0.491. The first-order chi connectivity index (χ1) is 12.3. The Morgan fingerprint density at radius 2 is 1.92 bits per heavy atom. The summed E-state index contributed by atoms with van der Waals surface area (Å²) in [6.07, 6.45) is -2.46. The van der Waals surface area contributed by atoms with Crippen LogP contribution in [-0.4, -0.2) is 91.7 Å². The van der Waals surface area contributed by atoms with E-state index in [4.69, 9.17) is 4.74 Å². The number of nitrogens with zero attached hydrogens (tertiary/aromatic N) is 3. The van der Waals surface area contributed by atoms with Crippen LogP contribution in [0.15, 0.2) is 4.99 Å². The molecule has 0 spiro atoms. The Hall–Kier alpha value is -1.06. The zero-order valence-corrected chi connectivity index (χ0v) is 15.6. The lowest BCUT2D eigenvalue weighted by atomic mass is 10.2. The smallest absolute Gasteiger partial charge is 0.389 e. The third-order valence-electron chi connectivity index (χ3n) is 4.78. The molecule has 2 unspecified atom stereocenters. The van der Waals surface area contributed by atoms with E-state index in [1.165, 1.54) is 24.7 Å². The summed E-state index contributed by atoms with van der Waals surface area (Å²) in [7, 11) is 0. The van der Waals surface area contributed by atoms with Gasteiger partial charge in [-0.2, -0.15) is 13.2 Å². The van der Waals surface area contributed by atoms with Gasteiger partial charge in [0.2, 0.25) is 0 Å². The number of aliphatic hydroxyl groups excluding tert-OH is 1. The third kappa shape index (κ3) is 6.92. The molecule has 0 aromatic heterocycles. The van der Waals surface area contributed by atoms with E-state index in [1.807, 2.05) is 11.8 Å². The highest BCUT2D eigenvalue weighted by Gasteiger charge is 2.41. The van der Waals surface area contributed by atoms with Gasteiger partial charge in [-0.1, -0.05) is 0 Å². The number of halogens is 3. The van der Waals surface area contributed by atoms with E-state index in [-0.39, 0.29) is 13.2 Å². The van der Waals surface area contributed by atoms with Crippen molar-refractivity contribution in [3.8, 4) is 0 Å². The van der Waals surface area contributed by atoms with Gasteiger partial charge in [0.05, 0.1) is 19.3 Å². The molecular weight excluding hydrogens is 349 g/mol. The maximum atomic E-state index is 12.8. The molecule has 2 atom stereocenters. The van der Waals surface area contributed by atoms with E-state index in [2.05, 4.69) is 10.3 Å². The fraction of sp³-hybridized carbons (Fsp3) is 0.941. The van der Waals surface area contributed by atoms with Gasteiger partial charge in [0.1, 0.15) is 6.04 Å². The molecule has 2 rings (SSSR count). The highest BCUT2D eigenvalue weighted by molar-refractivity contribution is 5.80. The molecule has 0 radical (unpaired) electrons. The summed E-state index contributed by atoms with van der Waals surface area (Å²) >= 11 is 0. The molecule has 0 aromatic rings. The molecule has 1 aliphatic heterocycles. The Bertz CT molecular complexity index is 450. The van der Waals surface area contributed by atoms with Gasteiger partial charge < -0.3 is 20.1 Å². The molecule has 1 aliphatic carbocycles. The second-order valence-electron chi connectivity index (χ2n) is 7.07. The van der Waals surface area contributed by atoms with Crippen LogP contribution in [0.1, 0.15) is 26.7 Å². The fourth-order valence-electron chi connectivity index (χ4n) is 2.85. The summed E-state index contributed by atoms with van der Waals surface area (Å²) in [6.45, 7) is 6.58. The van der Waals surface area contributed by atoms with Gasteiger partial charge in [0.15, 0.2) is 5.96 Å². The number of rotatable bonds is 8. The Kier molecular flexibility index (Phi) is 7.97. The lowest BCUT2D eigenvalue weighted by Crippen LogP contribution is -2.56. The van der Waals surface area contributed by atoms with Crippen LogP contribution in [0.4, 0.5) is 13.2 Å². The Labute approximate surface area is 153 Å². The first-order valence-corrected chi connectivity index (χ1v) is 9.41. The number of aliphatic imine (C=N–C) groups is 1. The number of hydrogen-bond donors (Lipinski definition) is 2. The zero-order valence-electron chi connectivity index (χ0n) is 15.6. The van der Waals surface area contributed by atoms with Crippen LogP contribution in [0.25, 0.3) is 0 Å². The standard InChI is InChI=1S/C17H31F3N4O2/c1-3-21-16(22-10-15(25)12-26-11-14-4-5-14)24-8-6-23(7-9-24)13(2)17(18,19)20/h13-15,25H,3-12H2,1-2H3,(H,21,22). The topological polar surface area (TPSA) is 60.3 Å². The second kappa shape index (κ2) is 9.75. The molecule has 0 amide bonds. The minimum absolute atomic E-state index is 0.214. The Morgan fingerprint density at radius 1 is 1.27 bits per heavy atom. The molecule has 2 aliphatic rings. The second-order valence-corrected chi connectivity index (χ2v) is 7.07. The van der Waals surface area contributed by atoms with E-state index in [1.54, 1.807) is 0 Å². The molecule has 1 saturated carbocycles. The molecule has 152 valence electrons. The number of aliphatic hydroxyl groups is 1. The lowest BCUT2D eigenvalue weighted by Gasteiger charge is -2.39. The van der Waals surface area contributed by atoms with Crippen molar-refractivity contribution in [2.75, 3.05) is 52.5 Å². The van der Waals surface area contributed by atoms with Crippen LogP contribution in [0.3, 0.4) is 0 Å². The maximum Gasteiger partial charge on any atom is 0.403 e. The number of guanidine groups is 1. The van der Waals surface area contributed by atoms with Crippen molar-refractivity contribution in [2.24, 2.45) is 10.9 Å². The van der Waals surface area contributed by atoms with Crippen molar-refractivity contribution in [1.29, 1.82) is 0 Å². The zero-order chi connectivity index (χ0) is 19.2. The average Bonchev–Trinajstić information content (AvgIpc) is 3.41. The normalized spacial score (nSPS) is 22.4. The van der Waals surface area contributed by atoms with Gasteiger partial charge in [0.25, 0.3) is 0 Å². The number of nitrogens with one attached hydrogen (secondary N) is 1. The van der Waals surface area contributed by atoms with Gasteiger partial charge in [0, 0.05) is 39.3 Å². The van der Waals surface area contributed by atoms with Gasteiger partial charge >= 0.3 is 6.18 Å².